The maximum atomic E-state index is 12.5. The molecule has 1 saturated heterocycles. The maximum absolute atomic E-state index is 12.5. The van der Waals surface area contributed by atoms with Gasteiger partial charge in [0.2, 0.25) is 15.9 Å². The molecule has 31 heavy (non-hydrogen) atoms. The fourth-order valence-corrected chi connectivity index (χ4v) is 4.89. The summed E-state index contributed by atoms with van der Waals surface area (Å²) in [4.78, 5) is 14.5. The van der Waals surface area contributed by atoms with Gasteiger partial charge >= 0.3 is 0 Å². The quantitative estimate of drug-likeness (QED) is 0.517. The standard InChI is InChI=1S/C22H34N2O6S/c1-2-13-28-18-7-6-12-24(17-18)22(25)8-4-3-5-11-23-31(26,27)19-9-10-20-21(16-19)30-15-14-29-20/h9-10,16,18,23H,2-8,11-15,17H2,1H3. The molecule has 1 N–H and O–H groups in total. The van der Waals surface area contributed by atoms with Crippen molar-refractivity contribution in [3.05, 3.63) is 18.2 Å². The second-order valence-electron chi connectivity index (χ2n) is 7.99. The molecule has 2 aliphatic heterocycles. The molecule has 0 aromatic heterocycles. The van der Waals surface area contributed by atoms with E-state index in [2.05, 4.69) is 11.6 Å². The Labute approximate surface area is 185 Å². The topological polar surface area (TPSA) is 94.2 Å². The lowest BCUT2D eigenvalue weighted by Crippen LogP contribution is -2.43. The van der Waals surface area contributed by atoms with Crippen molar-refractivity contribution in [2.45, 2.75) is 62.9 Å². The average Bonchev–Trinajstić information content (AvgIpc) is 2.79. The molecule has 8 nitrogen and oxygen atoms in total. The number of piperidine rings is 1. The zero-order chi connectivity index (χ0) is 22.1. The van der Waals surface area contributed by atoms with Gasteiger partial charge in [0, 0.05) is 38.7 Å². The van der Waals surface area contributed by atoms with E-state index in [4.69, 9.17) is 14.2 Å². The van der Waals surface area contributed by atoms with Crippen LogP contribution in [0.4, 0.5) is 0 Å². The summed E-state index contributed by atoms with van der Waals surface area (Å²) in [5, 5.41) is 0. The molecule has 1 aromatic carbocycles. The second kappa shape index (κ2) is 11.7. The molecular weight excluding hydrogens is 420 g/mol. The van der Waals surface area contributed by atoms with Crippen molar-refractivity contribution in [1.29, 1.82) is 0 Å². The number of hydrogen-bond acceptors (Lipinski definition) is 6. The fraction of sp³-hybridized carbons (Fsp3) is 0.682. The van der Waals surface area contributed by atoms with Gasteiger partial charge in [0.25, 0.3) is 0 Å². The Morgan fingerprint density at radius 2 is 2.00 bits per heavy atom. The van der Waals surface area contributed by atoms with Crippen molar-refractivity contribution in [2.75, 3.05) is 39.5 Å². The van der Waals surface area contributed by atoms with Gasteiger partial charge < -0.3 is 19.1 Å². The van der Waals surface area contributed by atoms with Crippen molar-refractivity contribution in [3.63, 3.8) is 0 Å². The van der Waals surface area contributed by atoms with Gasteiger partial charge in [-0.05, 0) is 44.2 Å². The summed E-state index contributed by atoms with van der Waals surface area (Å²) in [6.07, 6.45) is 5.88. The van der Waals surface area contributed by atoms with Gasteiger partial charge in [-0.2, -0.15) is 0 Å². The number of benzene rings is 1. The van der Waals surface area contributed by atoms with E-state index in [1.807, 2.05) is 4.90 Å². The SMILES string of the molecule is CCCOC1CCCN(C(=O)CCCCCNS(=O)(=O)c2ccc3c(c2)OCCO3)C1. The molecule has 0 saturated carbocycles. The van der Waals surface area contributed by atoms with Crippen LogP contribution >= 0.6 is 0 Å². The Kier molecular flexibility index (Phi) is 8.98. The van der Waals surface area contributed by atoms with Crippen LogP contribution < -0.4 is 14.2 Å². The van der Waals surface area contributed by atoms with Crippen molar-refractivity contribution >= 4 is 15.9 Å². The molecule has 174 valence electrons. The molecule has 9 heteroatoms. The normalized spacial score (nSPS) is 18.7. The number of carbonyl (C=O) groups excluding carboxylic acids is 1. The van der Waals surface area contributed by atoms with E-state index in [0.717, 1.165) is 45.3 Å². The van der Waals surface area contributed by atoms with Gasteiger partial charge in [-0.25, -0.2) is 13.1 Å². The van der Waals surface area contributed by atoms with Gasteiger partial charge in [-0.3, -0.25) is 4.79 Å². The highest BCUT2D eigenvalue weighted by atomic mass is 32.2. The minimum Gasteiger partial charge on any atom is -0.486 e. The first-order valence-electron chi connectivity index (χ1n) is 11.3. The summed E-state index contributed by atoms with van der Waals surface area (Å²) in [7, 11) is -3.60. The van der Waals surface area contributed by atoms with Crippen molar-refractivity contribution < 1.29 is 27.4 Å². The number of fused-ring (bicyclic) bond motifs is 1. The monoisotopic (exact) mass is 454 g/mol. The number of nitrogens with zero attached hydrogens (tertiary/aromatic N) is 1. The van der Waals surface area contributed by atoms with Crippen LogP contribution in [0.15, 0.2) is 23.1 Å². The van der Waals surface area contributed by atoms with Crippen molar-refractivity contribution in [1.82, 2.24) is 9.62 Å². The zero-order valence-electron chi connectivity index (χ0n) is 18.3. The Hall–Kier alpha value is -1.84. The Morgan fingerprint density at radius 3 is 2.81 bits per heavy atom. The Balaban J connectivity index is 1.34. The van der Waals surface area contributed by atoms with Crippen LogP contribution in [0.3, 0.4) is 0 Å². The number of carbonyl (C=O) groups is 1. The molecule has 3 rings (SSSR count). The van der Waals surface area contributed by atoms with E-state index in [1.165, 1.54) is 12.1 Å². The molecule has 1 fully saturated rings. The highest BCUT2D eigenvalue weighted by Crippen LogP contribution is 2.32. The largest absolute Gasteiger partial charge is 0.486 e. The first-order valence-corrected chi connectivity index (χ1v) is 12.8. The van der Waals surface area contributed by atoms with E-state index in [9.17, 15) is 13.2 Å². The second-order valence-corrected chi connectivity index (χ2v) is 9.76. The number of ether oxygens (including phenoxy) is 3. The van der Waals surface area contributed by atoms with Gasteiger partial charge in [0.15, 0.2) is 11.5 Å². The lowest BCUT2D eigenvalue weighted by Gasteiger charge is -2.32. The number of sulfonamides is 1. The Morgan fingerprint density at radius 1 is 1.19 bits per heavy atom. The van der Waals surface area contributed by atoms with Crippen LogP contribution in [0.2, 0.25) is 0 Å². The van der Waals surface area contributed by atoms with E-state index >= 15 is 0 Å². The highest BCUT2D eigenvalue weighted by Gasteiger charge is 2.23. The summed E-state index contributed by atoms with van der Waals surface area (Å²) in [6, 6.07) is 4.63. The molecule has 0 aliphatic carbocycles. The van der Waals surface area contributed by atoms with Crippen molar-refractivity contribution in [3.8, 4) is 11.5 Å². The highest BCUT2D eigenvalue weighted by molar-refractivity contribution is 7.89. The van der Waals surface area contributed by atoms with Crippen LogP contribution in [0.25, 0.3) is 0 Å². The van der Waals surface area contributed by atoms with Crippen LogP contribution in [0, 0.1) is 0 Å². The third-order valence-electron chi connectivity index (χ3n) is 5.47. The minimum absolute atomic E-state index is 0.160. The predicted molar refractivity (Wildman–Crippen MR) is 117 cm³/mol. The molecular formula is C22H34N2O6S. The van der Waals surface area contributed by atoms with E-state index in [1.54, 1.807) is 6.07 Å². The summed E-state index contributed by atoms with van der Waals surface area (Å²) in [5.41, 5.74) is 0. The first kappa shape index (κ1) is 23.8. The Bertz CT molecular complexity index is 829. The molecule has 2 aliphatic rings. The summed E-state index contributed by atoms with van der Waals surface area (Å²) in [5.74, 6) is 1.18. The van der Waals surface area contributed by atoms with Gasteiger partial charge in [-0.1, -0.05) is 13.3 Å². The average molecular weight is 455 g/mol. The van der Waals surface area contributed by atoms with Crippen LogP contribution in [0.5, 0.6) is 11.5 Å². The lowest BCUT2D eigenvalue weighted by atomic mass is 10.1. The third-order valence-corrected chi connectivity index (χ3v) is 6.93. The van der Waals surface area contributed by atoms with Gasteiger partial charge in [0.1, 0.15) is 13.2 Å². The first-order chi connectivity index (χ1) is 15.0. The number of unbranched alkanes of at least 4 members (excludes halogenated alkanes) is 2. The smallest absolute Gasteiger partial charge is 0.240 e. The molecule has 1 amide bonds. The maximum Gasteiger partial charge on any atom is 0.240 e. The van der Waals surface area contributed by atoms with Crippen LogP contribution in [-0.4, -0.2) is 64.8 Å². The van der Waals surface area contributed by atoms with Crippen LogP contribution in [0.1, 0.15) is 51.9 Å². The minimum atomic E-state index is -3.60. The molecule has 2 heterocycles. The fourth-order valence-electron chi connectivity index (χ4n) is 3.80. The third kappa shape index (κ3) is 7.08. The van der Waals surface area contributed by atoms with Gasteiger partial charge in [0.05, 0.1) is 11.0 Å². The van der Waals surface area contributed by atoms with E-state index < -0.39 is 10.0 Å². The van der Waals surface area contributed by atoms with Crippen molar-refractivity contribution in [2.24, 2.45) is 0 Å². The number of likely N-dealkylation sites (tertiary alicyclic amines) is 1. The molecule has 0 bridgehead atoms. The summed E-state index contributed by atoms with van der Waals surface area (Å²) in [6.45, 7) is 5.53. The van der Waals surface area contributed by atoms with E-state index in [-0.39, 0.29) is 16.9 Å². The summed E-state index contributed by atoms with van der Waals surface area (Å²) < 4.78 is 44.3. The van der Waals surface area contributed by atoms with E-state index in [0.29, 0.717) is 50.6 Å². The van der Waals surface area contributed by atoms with Gasteiger partial charge in [-0.15, -0.1) is 0 Å². The summed E-state index contributed by atoms with van der Waals surface area (Å²) >= 11 is 0. The van der Waals surface area contributed by atoms with Crippen LogP contribution in [-0.2, 0) is 19.6 Å². The number of amides is 1. The number of nitrogens with one attached hydrogen (secondary N) is 1. The number of rotatable bonds is 11. The predicted octanol–water partition coefficient (Wildman–Crippen LogP) is 2.71. The lowest BCUT2D eigenvalue weighted by molar-refractivity contribution is -0.135. The zero-order valence-corrected chi connectivity index (χ0v) is 19.1. The molecule has 0 spiro atoms. The molecule has 0 radical (unpaired) electrons. The number of hydrogen-bond donors (Lipinski definition) is 1. The molecule has 1 aromatic rings. The molecule has 1 atom stereocenters. The molecule has 1 unspecified atom stereocenters.